The zero-order valence-corrected chi connectivity index (χ0v) is 14.7. The minimum absolute atomic E-state index is 0.0508. The van der Waals surface area contributed by atoms with E-state index in [0.717, 1.165) is 12.3 Å². The number of nitrogens with zero attached hydrogens (tertiary/aromatic N) is 1. The van der Waals surface area contributed by atoms with Crippen LogP contribution in [0, 0.1) is 0 Å². The number of alkyl halides is 6. The Labute approximate surface area is 147 Å². The van der Waals surface area contributed by atoms with Crippen molar-refractivity contribution >= 4 is 12.1 Å². The minimum Gasteiger partial charge on any atom is -0.320 e. The van der Waals surface area contributed by atoms with Gasteiger partial charge in [-0.2, -0.15) is 26.3 Å². The molecule has 1 rings (SSSR count). The largest absolute Gasteiger partial charge is 0.416 e. The van der Waals surface area contributed by atoms with Gasteiger partial charge in [0.25, 0.3) is 0 Å². The zero-order valence-electron chi connectivity index (χ0n) is 14.7. The van der Waals surface area contributed by atoms with E-state index in [1.54, 1.807) is 27.7 Å². The van der Waals surface area contributed by atoms with Crippen LogP contribution in [0.15, 0.2) is 24.4 Å². The molecule has 0 fully saturated rings. The standard InChI is InChI=1S/C17H20F6N2O/c1-10(2)25(11(3)4)15(26)24-6-5-12-7-13(16(18,19)20)9-14(8-12)17(21,22)23/h5-11H,1-4H3,(H,24,26)/b6-5+. The molecule has 1 N–H and O–H groups in total. The number of rotatable bonds is 4. The summed E-state index contributed by atoms with van der Waals surface area (Å²) in [5, 5.41) is 2.35. The van der Waals surface area contributed by atoms with Crippen molar-refractivity contribution in [3.63, 3.8) is 0 Å². The van der Waals surface area contributed by atoms with Gasteiger partial charge in [0, 0.05) is 18.3 Å². The molecule has 26 heavy (non-hydrogen) atoms. The first kappa shape index (κ1) is 21.9. The number of hydrogen-bond donors (Lipinski definition) is 1. The molecule has 2 amide bonds. The van der Waals surface area contributed by atoms with Crippen molar-refractivity contribution in [3.8, 4) is 0 Å². The van der Waals surface area contributed by atoms with Crippen molar-refractivity contribution in [2.75, 3.05) is 0 Å². The van der Waals surface area contributed by atoms with Gasteiger partial charge in [-0.05, 0) is 57.5 Å². The molecule has 0 bridgehead atoms. The number of nitrogens with one attached hydrogen (secondary N) is 1. The molecule has 0 aliphatic carbocycles. The first-order valence-corrected chi connectivity index (χ1v) is 7.78. The summed E-state index contributed by atoms with van der Waals surface area (Å²) in [6.07, 6.45) is -7.82. The molecule has 9 heteroatoms. The lowest BCUT2D eigenvalue weighted by Crippen LogP contribution is -2.46. The SMILES string of the molecule is CC(C)N(C(=O)N/C=C/c1cc(C(F)(F)F)cc(C(F)(F)F)c1)C(C)C. The fourth-order valence-corrected chi connectivity index (χ4v) is 2.42. The Balaban J connectivity index is 3.09. The molecule has 0 unspecified atom stereocenters. The molecule has 3 nitrogen and oxygen atoms in total. The third kappa shape index (κ3) is 5.96. The Morgan fingerprint density at radius 3 is 1.69 bits per heavy atom. The van der Waals surface area contributed by atoms with E-state index >= 15 is 0 Å². The van der Waals surface area contributed by atoms with Gasteiger partial charge in [0.2, 0.25) is 0 Å². The molecule has 0 saturated carbocycles. The predicted molar refractivity (Wildman–Crippen MR) is 86.1 cm³/mol. The van der Waals surface area contributed by atoms with Crippen LogP contribution in [0.4, 0.5) is 31.1 Å². The van der Waals surface area contributed by atoms with E-state index in [4.69, 9.17) is 0 Å². The first-order chi connectivity index (χ1) is 11.7. The fraction of sp³-hybridized carbons (Fsp3) is 0.471. The zero-order chi connectivity index (χ0) is 20.3. The second-order valence-electron chi connectivity index (χ2n) is 6.22. The summed E-state index contributed by atoms with van der Waals surface area (Å²) in [5.41, 5.74) is -3.15. The summed E-state index contributed by atoms with van der Waals surface area (Å²) in [4.78, 5) is 13.6. The van der Waals surface area contributed by atoms with E-state index in [1.807, 2.05) is 0 Å². The Hall–Kier alpha value is -2.19. The molecule has 1 aromatic carbocycles. The van der Waals surface area contributed by atoms with Gasteiger partial charge in [-0.15, -0.1) is 0 Å². The highest BCUT2D eigenvalue weighted by Crippen LogP contribution is 2.36. The molecule has 0 aromatic heterocycles. The average Bonchev–Trinajstić information content (AvgIpc) is 2.44. The number of urea groups is 1. The lowest BCUT2D eigenvalue weighted by atomic mass is 10.0. The quantitative estimate of drug-likeness (QED) is 0.683. The number of amides is 2. The van der Waals surface area contributed by atoms with Crippen LogP contribution in [0.5, 0.6) is 0 Å². The molecule has 0 heterocycles. The van der Waals surface area contributed by atoms with Gasteiger partial charge in [-0.1, -0.05) is 0 Å². The van der Waals surface area contributed by atoms with E-state index in [1.165, 1.54) is 4.90 Å². The van der Waals surface area contributed by atoms with Gasteiger partial charge in [0.05, 0.1) is 11.1 Å². The Kier molecular flexibility index (Phi) is 6.73. The van der Waals surface area contributed by atoms with E-state index in [9.17, 15) is 31.1 Å². The number of hydrogen-bond acceptors (Lipinski definition) is 1. The summed E-state index contributed by atoms with van der Waals surface area (Å²) < 4.78 is 76.8. The predicted octanol–water partition coefficient (Wildman–Crippen LogP) is 5.52. The maximum Gasteiger partial charge on any atom is 0.416 e. The highest BCUT2D eigenvalue weighted by Gasteiger charge is 2.36. The Morgan fingerprint density at radius 1 is 0.923 bits per heavy atom. The second kappa shape index (κ2) is 8.01. The molecule has 1 aromatic rings. The van der Waals surface area contributed by atoms with Crippen LogP contribution < -0.4 is 5.32 Å². The van der Waals surface area contributed by atoms with Crippen molar-refractivity contribution in [2.24, 2.45) is 0 Å². The summed E-state index contributed by atoms with van der Waals surface area (Å²) in [6, 6.07) is 0.452. The van der Waals surface area contributed by atoms with Gasteiger partial charge in [0.15, 0.2) is 0 Å². The topological polar surface area (TPSA) is 32.3 Å². The molecular formula is C17H20F6N2O. The van der Waals surface area contributed by atoms with Crippen molar-refractivity contribution in [2.45, 2.75) is 52.1 Å². The van der Waals surface area contributed by atoms with Crippen LogP contribution in [0.3, 0.4) is 0 Å². The van der Waals surface area contributed by atoms with Crippen LogP contribution in [-0.2, 0) is 12.4 Å². The normalized spacial score (nSPS) is 12.9. The maximum atomic E-state index is 12.8. The van der Waals surface area contributed by atoms with Crippen LogP contribution in [-0.4, -0.2) is 23.0 Å². The van der Waals surface area contributed by atoms with Crippen LogP contribution >= 0.6 is 0 Å². The monoisotopic (exact) mass is 382 g/mol. The fourth-order valence-electron chi connectivity index (χ4n) is 2.42. The Morgan fingerprint density at radius 2 is 1.35 bits per heavy atom. The van der Waals surface area contributed by atoms with Crippen LogP contribution in [0.1, 0.15) is 44.4 Å². The van der Waals surface area contributed by atoms with Gasteiger partial charge < -0.3 is 10.2 Å². The molecule has 0 spiro atoms. The number of benzene rings is 1. The Bertz CT molecular complexity index is 622. The third-order valence-corrected chi connectivity index (χ3v) is 3.44. The van der Waals surface area contributed by atoms with E-state index in [0.29, 0.717) is 12.1 Å². The molecule has 0 saturated heterocycles. The number of carbonyl (C=O) groups is 1. The summed E-state index contributed by atoms with van der Waals surface area (Å²) in [7, 11) is 0. The van der Waals surface area contributed by atoms with Crippen molar-refractivity contribution < 1.29 is 31.1 Å². The lowest BCUT2D eigenvalue weighted by molar-refractivity contribution is -0.143. The van der Waals surface area contributed by atoms with Crippen LogP contribution in [0.25, 0.3) is 6.08 Å². The lowest BCUT2D eigenvalue weighted by Gasteiger charge is -2.30. The molecule has 146 valence electrons. The molecule has 0 atom stereocenters. The highest BCUT2D eigenvalue weighted by atomic mass is 19.4. The highest BCUT2D eigenvalue weighted by molar-refractivity contribution is 5.76. The van der Waals surface area contributed by atoms with Crippen molar-refractivity contribution in [1.29, 1.82) is 0 Å². The number of carbonyl (C=O) groups excluding carboxylic acids is 1. The first-order valence-electron chi connectivity index (χ1n) is 7.78. The maximum absolute atomic E-state index is 12.8. The summed E-state index contributed by atoms with van der Waals surface area (Å²) in [5.74, 6) is 0. The van der Waals surface area contributed by atoms with Gasteiger partial charge in [-0.25, -0.2) is 4.79 Å². The molecule has 0 aliphatic heterocycles. The average molecular weight is 382 g/mol. The second-order valence-corrected chi connectivity index (χ2v) is 6.22. The van der Waals surface area contributed by atoms with E-state index in [2.05, 4.69) is 5.32 Å². The van der Waals surface area contributed by atoms with E-state index in [-0.39, 0.29) is 23.7 Å². The van der Waals surface area contributed by atoms with Crippen LogP contribution in [0.2, 0.25) is 0 Å². The van der Waals surface area contributed by atoms with Gasteiger partial charge in [-0.3, -0.25) is 0 Å². The summed E-state index contributed by atoms with van der Waals surface area (Å²) >= 11 is 0. The molecular weight excluding hydrogens is 362 g/mol. The van der Waals surface area contributed by atoms with E-state index < -0.39 is 29.5 Å². The number of halogens is 6. The summed E-state index contributed by atoms with van der Waals surface area (Å²) in [6.45, 7) is 7.13. The minimum atomic E-state index is -4.92. The van der Waals surface area contributed by atoms with Gasteiger partial charge in [0.1, 0.15) is 0 Å². The third-order valence-electron chi connectivity index (χ3n) is 3.44. The van der Waals surface area contributed by atoms with Gasteiger partial charge >= 0.3 is 18.4 Å². The smallest absolute Gasteiger partial charge is 0.320 e. The van der Waals surface area contributed by atoms with Crippen molar-refractivity contribution in [3.05, 3.63) is 41.1 Å². The molecule has 0 aliphatic rings. The van der Waals surface area contributed by atoms with Crippen molar-refractivity contribution in [1.82, 2.24) is 10.2 Å². The molecule has 0 radical (unpaired) electrons.